The summed E-state index contributed by atoms with van der Waals surface area (Å²) in [5.41, 5.74) is 1.32. The lowest BCUT2D eigenvalue weighted by molar-refractivity contribution is -0.131. The van der Waals surface area contributed by atoms with Crippen LogP contribution >= 0.6 is 11.3 Å². The number of thiophene rings is 1. The summed E-state index contributed by atoms with van der Waals surface area (Å²) in [7, 11) is 1.65. The summed E-state index contributed by atoms with van der Waals surface area (Å²) in [4.78, 5) is 14.9. The van der Waals surface area contributed by atoms with Gasteiger partial charge in [-0.05, 0) is 28.8 Å². The molecule has 0 saturated carbocycles. The molecule has 2 aliphatic heterocycles. The first-order valence-electron chi connectivity index (χ1n) is 7.89. The van der Waals surface area contributed by atoms with Gasteiger partial charge in [-0.15, -0.1) is 0 Å². The fourth-order valence-corrected chi connectivity index (χ4v) is 4.17. The molecule has 0 aromatic carbocycles. The summed E-state index contributed by atoms with van der Waals surface area (Å²) in [6.07, 6.45) is 1.20. The topological polar surface area (TPSA) is 50.8 Å². The van der Waals surface area contributed by atoms with Crippen LogP contribution in [0.5, 0.6) is 0 Å². The molecule has 1 amide bonds. The van der Waals surface area contributed by atoms with E-state index in [0.29, 0.717) is 19.1 Å². The van der Waals surface area contributed by atoms with Gasteiger partial charge in [0.05, 0.1) is 18.6 Å². The molecule has 3 atom stereocenters. The Labute approximate surface area is 135 Å². The Morgan fingerprint density at radius 1 is 1.55 bits per heavy atom. The third-order valence-electron chi connectivity index (χ3n) is 4.60. The first-order chi connectivity index (χ1) is 10.8. The summed E-state index contributed by atoms with van der Waals surface area (Å²) >= 11 is 1.72. The van der Waals surface area contributed by atoms with E-state index in [9.17, 15) is 4.79 Å². The quantitative estimate of drug-likeness (QED) is 0.803. The number of likely N-dealkylation sites (tertiary alicyclic amines) is 1. The highest BCUT2D eigenvalue weighted by Crippen LogP contribution is 2.34. The fraction of sp³-hybridized carbons (Fsp3) is 0.688. The van der Waals surface area contributed by atoms with Crippen LogP contribution in [0.15, 0.2) is 16.8 Å². The van der Waals surface area contributed by atoms with Crippen LogP contribution in [0, 0.1) is 11.8 Å². The van der Waals surface area contributed by atoms with Gasteiger partial charge in [0, 0.05) is 45.8 Å². The van der Waals surface area contributed by atoms with Crippen molar-refractivity contribution in [1.82, 2.24) is 10.2 Å². The maximum Gasteiger partial charge on any atom is 0.224 e. The summed E-state index contributed by atoms with van der Waals surface area (Å²) in [6, 6.07) is 2.15. The largest absolute Gasteiger partial charge is 0.383 e. The van der Waals surface area contributed by atoms with Crippen molar-refractivity contribution in [1.29, 1.82) is 0 Å². The number of carbonyl (C=O) groups excluding carboxylic acids is 1. The van der Waals surface area contributed by atoms with Gasteiger partial charge < -0.3 is 14.8 Å². The van der Waals surface area contributed by atoms with Crippen molar-refractivity contribution in [3.8, 4) is 0 Å². The Balaban J connectivity index is 1.63. The predicted octanol–water partition coefficient (Wildman–Crippen LogP) is 1.35. The van der Waals surface area contributed by atoms with Crippen LogP contribution in [0.25, 0.3) is 0 Å². The van der Waals surface area contributed by atoms with Crippen LogP contribution in [0.3, 0.4) is 0 Å². The SMILES string of the molecule is COCCNC(=O)[C@@H]1CN(Cc2ccsc2)C[C@@H]2OCC[C@@H]21. The molecule has 22 heavy (non-hydrogen) atoms. The van der Waals surface area contributed by atoms with Crippen molar-refractivity contribution in [2.45, 2.75) is 19.1 Å². The molecule has 0 unspecified atom stereocenters. The lowest BCUT2D eigenvalue weighted by atomic mass is 9.82. The van der Waals surface area contributed by atoms with Gasteiger partial charge in [0.2, 0.25) is 5.91 Å². The molecule has 1 aromatic rings. The van der Waals surface area contributed by atoms with Crippen molar-refractivity contribution < 1.29 is 14.3 Å². The number of carbonyl (C=O) groups is 1. The Hall–Kier alpha value is -0.950. The van der Waals surface area contributed by atoms with E-state index in [0.717, 1.165) is 32.7 Å². The van der Waals surface area contributed by atoms with E-state index < -0.39 is 0 Å². The van der Waals surface area contributed by atoms with Gasteiger partial charge in [0.25, 0.3) is 0 Å². The second-order valence-corrected chi connectivity index (χ2v) is 6.86. The standard InChI is InChI=1S/C16H24N2O3S/c1-20-6-4-17-16(19)14-9-18(8-12-3-7-22-11-12)10-15-13(14)2-5-21-15/h3,7,11,13-15H,2,4-6,8-10H2,1H3,(H,17,19)/t13-,14-,15+/m1/s1. The van der Waals surface area contributed by atoms with Crippen LogP contribution < -0.4 is 5.32 Å². The minimum absolute atomic E-state index is 0.0248. The minimum Gasteiger partial charge on any atom is -0.383 e. The van der Waals surface area contributed by atoms with Gasteiger partial charge in [-0.1, -0.05) is 0 Å². The molecular weight excluding hydrogens is 300 g/mol. The molecule has 5 nitrogen and oxygen atoms in total. The van der Waals surface area contributed by atoms with Crippen molar-refractivity contribution in [3.05, 3.63) is 22.4 Å². The van der Waals surface area contributed by atoms with Gasteiger partial charge in [0.1, 0.15) is 0 Å². The Morgan fingerprint density at radius 3 is 3.23 bits per heavy atom. The van der Waals surface area contributed by atoms with E-state index in [1.807, 2.05) is 0 Å². The molecule has 3 rings (SSSR count). The maximum atomic E-state index is 12.5. The number of ether oxygens (including phenoxy) is 2. The van der Waals surface area contributed by atoms with Crippen molar-refractivity contribution in [2.24, 2.45) is 11.8 Å². The third kappa shape index (κ3) is 3.68. The Bertz CT molecular complexity index is 480. The normalized spacial score (nSPS) is 28.5. The molecule has 2 aliphatic rings. The molecule has 0 aliphatic carbocycles. The number of fused-ring (bicyclic) bond motifs is 1. The highest BCUT2D eigenvalue weighted by molar-refractivity contribution is 7.07. The number of rotatable bonds is 6. The number of hydrogen-bond acceptors (Lipinski definition) is 5. The molecule has 0 bridgehead atoms. The van der Waals surface area contributed by atoms with Gasteiger partial charge in [-0.25, -0.2) is 0 Å². The Kier molecular flexibility index (Phi) is 5.46. The zero-order valence-electron chi connectivity index (χ0n) is 13.0. The average molecular weight is 324 g/mol. The molecule has 1 aromatic heterocycles. The highest BCUT2D eigenvalue weighted by atomic mass is 32.1. The van der Waals surface area contributed by atoms with E-state index in [1.54, 1.807) is 18.4 Å². The van der Waals surface area contributed by atoms with E-state index in [4.69, 9.17) is 9.47 Å². The van der Waals surface area contributed by atoms with Crippen molar-refractivity contribution in [2.75, 3.05) is 40.0 Å². The zero-order valence-corrected chi connectivity index (χ0v) is 13.8. The van der Waals surface area contributed by atoms with Crippen molar-refractivity contribution >= 4 is 17.2 Å². The molecule has 1 N–H and O–H groups in total. The molecule has 122 valence electrons. The summed E-state index contributed by atoms with van der Waals surface area (Å²) < 4.78 is 10.9. The first kappa shape index (κ1) is 15.9. The molecule has 2 fully saturated rings. The fourth-order valence-electron chi connectivity index (χ4n) is 3.51. The number of nitrogens with one attached hydrogen (secondary N) is 1. The monoisotopic (exact) mass is 324 g/mol. The molecule has 6 heteroatoms. The molecular formula is C16H24N2O3S. The summed E-state index contributed by atoms with van der Waals surface area (Å²) in [6.45, 7) is 4.57. The Morgan fingerprint density at radius 2 is 2.45 bits per heavy atom. The maximum absolute atomic E-state index is 12.5. The smallest absolute Gasteiger partial charge is 0.224 e. The van der Waals surface area contributed by atoms with Crippen LogP contribution in [0.1, 0.15) is 12.0 Å². The van der Waals surface area contributed by atoms with Gasteiger partial charge in [0.15, 0.2) is 0 Å². The van der Waals surface area contributed by atoms with E-state index in [-0.39, 0.29) is 17.9 Å². The lowest BCUT2D eigenvalue weighted by Gasteiger charge is -2.39. The molecule has 3 heterocycles. The van der Waals surface area contributed by atoms with Crippen LogP contribution in [0.2, 0.25) is 0 Å². The predicted molar refractivity (Wildman–Crippen MR) is 85.8 cm³/mol. The van der Waals surface area contributed by atoms with Crippen LogP contribution in [-0.4, -0.2) is 56.9 Å². The third-order valence-corrected chi connectivity index (χ3v) is 5.33. The number of hydrogen-bond donors (Lipinski definition) is 1. The second-order valence-electron chi connectivity index (χ2n) is 6.08. The van der Waals surface area contributed by atoms with E-state index in [1.165, 1.54) is 5.56 Å². The average Bonchev–Trinajstić information content (AvgIpc) is 3.17. The minimum atomic E-state index is 0.0248. The lowest BCUT2D eigenvalue weighted by Crippen LogP contribution is -2.52. The number of nitrogens with zero attached hydrogens (tertiary/aromatic N) is 1. The summed E-state index contributed by atoms with van der Waals surface area (Å²) in [5, 5.41) is 7.28. The van der Waals surface area contributed by atoms with Crippen LogP contribution in [0.4, 0.5) is 0 Å². The van der Waals surface area contributed by atoms with E-state index in [2.05, 4.69) is 27.0 Å². The van der Waals surface area contributed by atoms with E-state index >= 15 is 0 Å². The first-order valence-corrected chi connectivity index (χ1v) is 8.84. The van der Waals surface area contributed by atoms with Gasteiger partial charge in [-0.2, -0.15) is 11.3 Å². The highest BCUT2D eigenvalue weighted by Gasteiger charge is 2.43. The zero-order chi connectivity index (χ0) is 15.4. The van der Waals surface area contributed by atoms with Crippen LogP contribution in [-0.2, 0) is 20.8 Å². The molecule has 2 saturated heterocycles. The molecule has 0 spiro atoms. The second kappa shape index (κ2) is 7.55. The molecule has 0 radical (unpaired) electrons. The van der Waals surface area contributed by atoms with Crippen molar-refractivity contribution in [3.63, 3.8) is 0 Å². The van der Waals surface area contributed by atoms with Gasteiger partial charge in [-0.3, -0.25) is 9.69 Å². The van der Waals surface area contributed by atoms with Gasteiger partial charge >= 0.3 is 0 Å². The summed E-state index contributed by atoms with van der Waals surface area (Å²) in [5.74, 6) is 0.533. The number of amides is 1. The number of piperidine rings is 1. The number of methoxy groups -OCH3 is 1.